The smallest absolute Gasteiger partial charge is 0.200 e. The van der Waals surface area contributed by atoms with Crippen molar-refractivity contribution in [3.63, 3.8) is 0 Å². The second-order valence-corrected chi connectivity index (χ2v) is 7.46. The Morgan fingerprint density at radius 3 is 2.52 bits per heavy atom. The molecule has 0 heterocycles. The lowest BCUT2D eigenvalue weighted by Gasteiger charge is -2.25. The Balaban J connectivity index is 2.17. The van der Waals surface area contributed by atoms with Crippen LogP contribution < -0.4 is 4.83 Å². The van der Waals surface area contributed by atoms with Crippen molar-refractivity contribution in [2.45, 2.75) is 38.5 Å². The number of hydrogen-bond donors (Lipinski definition) is 1. The Labute approximate surface area is 127 Å². The van der Waals surface area contributed by atoms with Crippen molar-refractivity contribution < 1.29 is 8.42 Å². The SMILES string of the molecule is CC1=CC[C@@H](C(C)C)C/C1=N/NS(=O)(=O)c1ccccc1. The fraction of sp³-hybridized carbons (Fsp3) is 0.438. The van der Waals surface area contributed by atoms with Gasteiger partial charge in [0.15, 0.2) is 0 Å². The summed E-state index contributed by atoms with van der Waals surface area (Å²) in [7, 11) is -3.59. The van der Waals surface area contributed by atoms with E-state index in [-0.39, 0.29) is 4.90 Å². The maximum atomic E-state index is 12.2. The predicted molar refractivity (Wildman–Crippen MR) is 85.5 cm³/mol. The van der Waals surface area contributed by atoms with E-state index in [4.69, 9.17) is 0 Å². The average molecular weight is 306 g/mol. The van der Waals surface area contributed by atoms with E-state index in [9.17, 15) is 8.42 Å². The number of nitrogens with zero attached hydrogens (tertiary/aromatic N) is 1. The largest absolute Gasteiger partial charge is 0.276 e. The number of sulfonamides is 1. The Hall–Kier alpha value is -1.62. The van der Waals surface area contributed by atoms with E-state index in [0.717, 1.165) is 24.1 Å². The summed E-state index contributed by atoms with van der Waals surface area (Å²) in [4.78, 5) is 2.58. The summed E-state index contributed by atoms with van der Waals surface area (Å²) >= 11 is 0. The van der Waals surface area contributed by atoms with Gasteiger partial charge >= 0.3 is 0 Å². The van der Waals surface area contributed by atoms with Crippen LogP contribution in [0, 0.1) is 11.8 Å². The van der Waals surface area contributed by atoms with Gasteiger partial charge in [0, 0.05) is 0 Å². The number of benzene rings is 1. The number of nitrogens with one attached hydrogen (secondary N) is 1. The van der Waals surface area contributed by atoms with Gasteiger partial charge in [-0.2, -0.15) is 18.4 Å². The van der Waals surface area contributed by atoms with Crippen LogP contribution in [0.4, 0.5) is 0 Å². The average Bonchev–Trinajstić information content (AvgIpc) is 2.47. The molecule has 0 fully saturated rings. The summed E-state index contributed by atoms with van der Waals surface area (Å²) in [6.45, 7) is 6.35. The molecule has 0 radical (unpaired) electrons. The first-order chi connectivity index (χ1) is 9.90. The zero-order chi connectivity index (χ0) is 15.5. The standard InChI is InChI=1S/C16H22N2O2S/c1-12(2)14-10-9-13(3)16(11-14)17-18-21(19,20)15-7-5-4-6-8-15/h4-9,12,14,18H,10-11H2,1-3H3/b17-16-/t14-/m1/s1. The molecule has 21 heavy (non-hydrogen) atoms. The van der Waals surface area contributed by atoms with Crippen LogP contribution in [0.1, 0.15) is 33.6 Å². The van der Waals surface area contributed by atoms with Crippen molar-refractivity contribution in [2.75, 3.05) is 0 Å². The molecule has 0 amide bonds. The monoisotopic (exact) mass is 306 g/mol. The van der Waals surface area contributed by atoms with Crippen LogP contribution in [0.2, 0.25) is 0 Å². The highest BCUT2D eigenvalue weighted by Gasteiger charge is 2.21. The first kappa shape index (κ1) is 15.8. The molecule has 1 aliphatic rings. The summed E-state index contributed by atoms with van der Waals surface area (Å²) in [6, 6.07) is 8.29. The zero-order valence-electron chi connectivity index (χ0n) is 12.7. The second-order valence-electron chi connectivity index (χ2n) is 5.80. The molecule has 0 saturated carbocycles. The van der Waals surface area contributed by atoms with E-state index < -0.39 is 10.0 Å². The molecule has 1 aromatic rings. The lowest BCUT2D eigenvalue weighted by atomic mass is 9.82. The molecule has 1 N–H and O–H groups in total. The van der Waals surface area contributed by atoms with E-state index in [0.29, 0.717) is 11.8 Å². The lowest BCUT2D eigenvalue weighted by Crippen LogP contribution is -2.24. The highest BCUT2D eigenvalue weighted by molar-refractivity contribution is 7.89. The van der Waals surface area contributed by atoms with Crippen LogP contribution in [0.25, 0.3) is 0 Å². The number of rotatable bonds is 4. The van der Waals surface area contributed by atoms with Crippen LogP contribution in [0.5, 0.6) is 0 Å². The molecular weight excluding hydrogens is 284 g/mol. The number of hydrogen-bond acceptors (Lipinski definition) is 3. The molecule has 0 bridgehead atoms. The van der Waals surface area contributed by atoms with Crippen molar-refractivity contribution in [3.05, 3.63) is 42.0 Å². The van der Waals surface area contributed by atoms with Gasteiger partial charge in [-0.05, 0) is 49.3 Å². The molecule has 0 aliphatic heterocycles. The molecule has 1 aliphatic carbocycles. The van der Waals surface area contributed by atoms with E-state index in [2.05, 4.69) is 29.9 Å². The maximum absolute atomic E-state index is 12.2. The summed E-state index contributed by atoms with van der Waals surface area (Å²) in [5.74, 6) is 1.08. The first-order valence-electron chi connectivity index (χ1n) is 7.20. The van der Waals surface area contributed by atoms with Gasteiger partial charge < -0.3 is 0 Å². The molecule has 1 aromatic carbocycles. The molecule has 4 nitrogen and oxygen atoms in total. The van der Waals surface area contributed by atoms with Crippen LogP contribution >= 0.6 is 0 Å². The number of allylic oxidation sites excluding steroid dienone is 2. The van der Waals surface area contributed by atoms with Gasteiger partial charge in [-0.15, -0.1) is 0 Å². The molecule has 0 spiro atoms. The fourth-order valence-electron chi connectivity index (χ4n) is 2.35. The zero-order valence-corrected chi connectivity index (χ0v) is 13.5. The molecule has 2 rings (SSSR count). The molecule has 5 heteroatoms. The summed E-state index contributed by atoms with van der Waals surface area (Å²) in [6.07, 6.45) is 4.00. The molecular formula is C16H22N2O2S. The molecule has 0 aromatic heterocycles. The fourth-order valence-corrected chi connectivity index (χ4v) is 3.20. The van der Waals surface area contributed by atoms with Crippen LogP contribution in [0.3, 0.4) is 0 Å². The third-order valence-electron chi connectivity index (χ3n) is 3.93. The van der Waals surface area contributed by atoms with Gasteiger partial charge in [0.2, 0.25) is 0 Å². The van der Waals surface area contributed by atoms with Gasteiger partial charge in [0.05, 0.1) is 10.6 Å². The van der Waals surface area contributed by atoms with Crippen molar-refractivity contribution in [1.82, 2.24) is 4.83 Å². The minimum absolute atomic E-state index is 0.229. The summed E-state index contributed by atoms with van der Waals surface area (Å²) in [5.41, 5.74) is 1.89. The van der Waals surface area contributed by atoms with Crippen LogP contribution in [0.15, 0.2) is 52.0 Å². The quantitative estimate of drug-likeness (QED) is 0.867. The number of hydrazone groups is 1. The van der Waals surface area contributed by atoms with E-state index >= 15 is 0 Å². The van der Waals surface area contributed by atoms with Gasteiger partial charge in [0.25, 0.3) is 10.0 Å². The Morgan fingerprint density at radius 1 is 1.24 bits per heavy atom. The van der Waals surface area contributed by atoms with E-state index in [1.807, 2.05) is 6.92 Å². The summed E-state index contributed by atoms with van der Waals surface area (Å²) in [5, 5.41) is 4.16. The second kappa shape index (κ2) is 6.43. The van der Waals surface area contributed by atoms with Crippen LogP contribution in [-0.2, 0) is 10.0 Å². The first-order valence-corrected chi connectivity index (χ1v) is 8.69. The minimum Gasteiger partial charge on any atom is -0.200 e. The molecule has 1 atom stereocenters. The van der Waals surface area contributed by atoms with Gasteiger partial charge in [-0.25, -0.2) is 0 Å². The van der Waals surface area contributed by atoms with E-state index in [1.165, 1.54) is 0 Å². The van der Waals surface area contributed by atoms with Crippen molar-refractivity contribution >= 4 is 15.7 Å². The van der Waals surface area contributed by atoms with Crippen molar-refractivity contribution in [2.24, 2.45) is 16.9 Å². The van der Waals surface area contributed by atoms with Gasteiger partial charge in [0.1, 0.15) is 0 Å². The normalized spacial score (nSPS) is 21.4. The Bertz CT molecular complexity index is 646. The minimum atomic E-state index is -3.59. The van der Waals surface area contributed by atoms with Crippen molar-refractivity contribution in [1.29, 1.82) is 0 Å². The summed E-state index contributed by atoms with van der Waals surface area (Å²) < 4.78 is 24.3. The van der Waals surface area contributed by atoms with Crippen molar-refractivity contribution in [3.8, 4) is 0 Å². The van der Waals surface area contributed by atoms with Crippen LogP contribution in [-0.4, -0.2) is 14.1 Å². The highest BCUT2D eigenvalue weighted by Crippen LogP contribution is 2.27. The molecule has 0 saturated heterocycles. The topological polar surface area (TPSA) is 58.5 Å². The Kier molecular flexibility index (Phi) is 4.83. The molecule has 0 unspecified atom stereocenters. The third-order valence-corrected chi connectivity index (χ3v) is 5.16. The maximum Gasteiger partial charge on any atom is 0.276 e. The van der Waals surface area contributed by atoms with E-state index in [1.54, 1.807) is 30.3 Å². The highest BCUT2D eigenvalue weighted by atomic mass is 32.2. The third kappa shape index (κ3) is 3.94. The molecule has 114 valence electrons. The lowest BCUT2D eigenvalue weighted by molar-refractivity contribution is 0.395. The van der Waals surface area contributed by atoms with Gasteiger partial charge in [-0.1, -0.05) is 38.1 Å². The predicted octanol–water partition coefficient (Wildman–Crippen LogP) is 3.33. The van der Waals surface area contributed by atoms with Gasteiger partial charge in [-0.3, -0.25) is 0 Å². The Morgan fingerprint density at radius 2 is 1.90 bits per heavy atom.